The lowest BCUT2D eigenvalue weighted by Crippen LogP contribution is -2.54. The van der Waals surface area contributed by atoms with E-state index in [9.17, 15) is 8.78 Å². The normalized spacial score (nSPS) is 29.3. The van der Waals surface area contributed by atoms with Crippen LogP contribution in [0.25, 0.3) is 0 Å². The van der Waals surface area contributed by atoms with Gasteiger partial charge in [-0.1, -0.05) is 18.2 Å². The van der Waals surface area contributed by atoms with Gasteiger partial charge in [-0.15, -0.1) is 11.8 Å². The predicted octanol–water partition coefficient (Wildman–Crippen LogP) is 2.36. The van der Waals surface area contributed by atoms with Crippen molar-refractivity contribution >= 4 is 17.8 Å². The zero-order valence-corrected chi connectivity index (χ0v) is 10.3. The molecule has 0 bridgehead atoms. The molecule has 0 saturated heterocycles. The van der Waals surface area contributed by atoms with Crippen LogP contribution in [-0.2, 0) is 10.3 Å². The molecule has 3 rings (SSSR count). The Morgan fingerprint density at radius 2 is 2.11 bits per heavy atom. The van der Waals surface area contributed by atoms with Crippen molar-refractivity contribution < 1.29 is 13.5 Å². The second-order valence-corrected chi connectivity index (χ2v) is 5.53. The Morgan fingerprint density at radius 1 is 1.33 bits per heavy atom. The minimum atomic E-state index is -3.03. The minimum absolute atomic E-state index is 0.150. The van der Waals surface area contributed by atoms with Crippen LogP contribution in [-0.4, -0.2) is 24.3 Å². The molecule has 0 aliphatic carbocycles. The van der Waals surface area contributed by atoms with Crippen molar-refractivity contribution in [2.75, 3.05) is 12.4 Å². The Kier molecular flexibility index (Phi) is 2.52. The molecule has 0 saturated carbocycles. The second-order valence-electron chi connectivity index (χ2n) is 4.40. The smallest absolute Gasteiger partial charge is 0.310 e. The van der Waals surface area contributed by atoms with Crippen LogP contribution in [0.2, 0.25) is 0 Å². The highest BCUT2D eigenvalue weighted by atomic mass is 32.2. The molecular formula is C12H12F2N2OS. The number of rotatable bonds is 0. The van der Waals surface area contributed by atoms with Crippen molar-refractivity contribution in [3.63, 3.8) is 0 Å². The molecular weight excluding hydrogens is 258 g/mol. The summed E-state index contributed by atoms with van der Waals surface area (Å²) in [5.41, 5.74) is 4.50. The lowest BCUT2D eigenvalue weighted by molar-refractivity contribution is -0.124. The van der Waals surface area contributed by atoms with Gasteiger partial charge in [-0.05, 0) is 18.1 Å². The molecule has 2 N–H and O–H groups in total. The van der Waals surface area contributed by atoms with Gasteiger partial charge in [0.2, 0.25) is 0 Å². The van der Waals surface area contributed by atoms with Gasteiger partial charge in [-0.3, -0.25) is 0 Å². The van der Waals surface area contributed by atoms with E-state index in [1.54, 1.807) is 23.9 Å². The summed E-state index contributed by atoms with van der Waals surface area (Å²) < 4.78 is 33.3. The van der Waals surface area contributed by atoms with E-state index in [1.807, 2.05) is 12.1 Å². The SMILES string of the molecule is NC1=NC2(CCSc3ccccc32)C(F)(F)CO1. The summed E-state index contributed by atoms with van der Waals surface area (Å²) >= 11 is 1.57. The minimum Gasteiger partial charge on any atom is -0.459 e. The van der Waals surface area contributed by atoms with Gasteiger partial charge in [0, 0.05) is 10.6 Å². The number of fused-ring (bicyclic) bond motifs is 2. The van der Waals surface area contributed by atoms with Crippen LogP contribution >= 0.6 is 11.8 Å². The molecule has 0 radical (unpaired) electrons. The number of nitrogens with two attached hydrogens (primary N) is 1. The van der Waals surface area contributed by atoms with Crippen molar-refractivity contribution in [2.45, 2.75) is 22.8 Å². The molecule has 1 aromatic rings. The number of hydrogen-bond acceptors (Lipinski definition) is 4. The summed E-state index contributed by atoms with van der Waals surface area (Å²) in [7, 11) is 0. The maximum Gasteiger partial charge on any atom is 0.310 e. The first-order chi connectivity index (χ1) is 8.55. The fourth-order valence-electron chi connectivity index (χ4n) is 2.46. The average Bonchev–Trinajstić information content (AvgIpc) is 2.35. The van der Waals surface area contributed by atoms with Gasteiger partial charge in [0.15, 0.2) is 12.1 Å². The highest BCUT2D eigenvalue weighted by Crippen LogP contribution is 2.52. The Labute approximate surface area is 107 Å². The van der Waals surface area contributed by atoms with Gasteiger partial charge in [-0.2, -0.15) is 8.78 Å². The number of alkyl halides is 2. The summed E-state index contributed by atoms with van der Waals surface area (Å²) in [5, 5.41) is 0. The third kappa shape index (κ3) is 1.51. The maximum absolute atomic E-state index is 14.3. The zero-order valence-electron chi connectivity index (χ0n) is 9.53. The van der Waals surface area contributed by atoms with Crippen molar-refractivity contribution in [1.82, 2.24) is 0 Å². The standard InChI is InChI=1S/C12H12F2N2OS/c13-12(14)7-17-10(15)16-11(12)5-6-18-9-4-2-1-3-8(9)11/h1-4H,5-7H2,(H2,15,16). The van der Waals surface area contributed by atoms with Gasteiger partial charge < -0.3 is 10.5 Å². The molecule has 0 aromatic heterocycles. The first kappa shape index (κ1) is 11.8. The van der Waals surface area contributed by atoms with Gasteiger partial charge in [0.1, 0.15) is 0 Å². The molecule has 2 heterocycles. The number of ether oxygens (including phenoxy) is 1. The molecule has 0 fully saturated rings. The Morgan fingerprint density at radius 3 is 2.94 bits per heavy atom. The third-order valence-corrected chi connectivity index (χ3v) is 4.44. The van der Waals surface area contributed by atoms with E-state index in [1.165, 1.54) is 0 Å². The highest BCUT2D eigenvalue weighted by molar-refractivity contribution is 7.99. The zero-order chi connectivity index (χ0) is 12.8. The van der Waals surface area contributed by atoms with E-state index >= 15 is 0 Å². The third-order valence-electron chi connectivity index (χ3n) is 3.36. The van der Waals surface area contributed by atoms with E-state index in [0.29, 0.717) is 11.3 Å². The van der Waals surface area contributed by atoms with Crippen LogP contribution in [0.1, 0.15) is 12.0 Å². The van der Waals surface area contributed by atoms with Crippen LogP contribution in [0, 0.1) is 0 Å². The van der Waals surface area contributed by atoms with E-state index in [2.05, 4.69) is 4.99 Å². The summed E-state index contributed by atoms with van der Waals surface area (Å²) in [6.45, 7) is -0.707. The topological polar surface area (TPSA) is 47.6 Å². The second kappa shape index (κ2) is 3.85. The average molecular weight is 270 g/mol. The Bertz CT molecular complexity index is 521. The molecule has 2 aliphatic heterocycles. The van der Waals surface area contributed by atoms with Gasteiger partial charge >= 0.3 is 5.92 Å². The Hall–Kier alpha value is -1.30. The maximum atomic E-state index is 14.3. The van der Waals surface area contributed by atoms with Crippen LogP contribution in [0.15, 0.2) is 34.2 Å². The summed E-state index contributed by atoms with van der Waals surface area (Å²) in [6, 6.07) is 7.00. The lowest BCUT2D eigenvalue weighted by atomic mass is 9.81. The largest absolute Gasteiger partial charge is 0.459 e. The lowest BCUT2D eigenvalue weighted by Gasteiger charge is -2.43. The number of benzene rings is 1. The number of amidine groups is 1. The molecule has 1 atom stereocenters. The van der Waals surface area contributed by atoms with Crippen LogP contribution in [0.5, 0.6) is 0 Å². The molecule has 1 aromatic carbocycles. The van der Waals surface area contributed by atoms with Crippen molar-refractivity contribution in [2.24, 2.45) is 10.7 Å². The van der Waals surface area contributed by atoms with Crippen LogP contribution in [0.3, 0.4) is 0 Å². The summed E-state index contributed by atoms with van der Waals surface area (Å²) in [6.07, 6.45) is 0.270. The quantitative estimate of drug-likeness (QED) is 0.787. The summed E-state index contributed by atoms with van der Waals surface area (Å²) in [4.78, 5) is 4.83. The number of thioether (sulfide) groups is 1. The highest BCUT2D eigenvalue weighted by Gasteiger charge is 2.59. The van der Waals surface area contributed by atoms with Crippen LogP contribution < -0.4 is 5.73 Å². The molecule has 0 amide bonds. The van der Waals surface area contributed by atoms with Crippen molar-refractivity contribution in [3.05, 3.63) is 29.8 Å². The van der Waals surface area contributed by atoms with Gasteiger partial charge in [-0.25, -0.2) is 4.99 Å². The molecule has 1 spiro atoms. The van der Waals surface area contributed by atoms with E-state index in [0.717, 1.165) is 4.90 Å². The van der Waals surface area contributed by atoms with E-state index in [-0.39, 0.29) is 12.4 Å². The molecule has 1 unspecified atom stereocenters. The molecule has 3 nitrogen and oxygen atoms in total. The van der Waals surface area contributed by atoms with E-state index < -0.39 is 18.1 Å². The fourth-order valence-corrected chi connectivity index (χ4v) is 3.64. The first-order valence-corrected chi connectivity index (χ1v) is 6.62. The van der Waals surface area contributed by atoms with E-state index in [4.69, 9.17) is 10.5 Å². The van der Waals surface area contributed by atoms with Gasteiger partial charge in [0.25, 0.3) is 6.02 Å². The monoisotopic (exact) mass is 270 g/mol. The number of nitrogens with zero attached hydrogens (tertiary/aromatic N) is 1. The Balaban J connectivity index is 2.23. The molecule has 6 heteroatoms. The number of hydrogen-bond donors (Lipinski definition) is 1. The van der Waals surface area contributed by atoms with Crippen molar-refractivity contribution in [3.8, 4) is 0 Å². The number of aliphatic imine (C=N–C) groups is 1. The first-order valence-electron chi connectivity index (χ1n) is 5.63. The fraction of sp³-hybridized carbons (Fsp3) is 0.417. The number of halogens is 2. The molecule has 18 heavy (non-hydrogen) atoms. The summed E-state index contributed by atoms with van der Waals surface area (Å²) in [5.74, 6) is -2.43. The molecule has 2 aliphatic rings. The van der Waals surface area contributed by atoms with Gasteiger partial charge in [0.05, 0.1) is 0 Å². The van der Waals surface area contributed by atoms with Crippen LogP contribution in [0.4, 0.5) is 8.78 Å². The van der Waals surface area contributed by atoms with Crippen molar-refractivity contribution in [1.29, 1.82) is 0 Å². The predicted molar refractivity (Wildman–Crippen MR) is 66.0 cm³/mol. The molecule has 96 valence electrons.